The molecule has 2 aromatic carbocycles. The molecule has 0 spiro atoms. The summed E-state index contributed by atoms with van der Waals surface area (Å²) in [6.07, 6.45) is -1.96. The highest BCUT2D eigenvalue weighted by Crippen LogP contribution is 2.34. The van der Waals surface area contributed by atoms with Gasteiger partial charge >= 0.3 is 11.9 Å². The van der Waals surface area contributed by atoms with E-state index in [1.165, 1.54) is 24.5 Å². The Kier molecular flexibility index (Phi) is 5.15. The summed E-state index contributed by atoms with van der Waals surface area (Å²) in [7, 11) is 0. The number of para-hydroxylation sites is 2. The lowest BCUT2D eigenvalue weighted by Crippen LogP contribution is -2.28. The van der Waals surface area contributed by atoms with Gasteiger partial charge in [0.15, 0.2) is 0 Å². The number of fused-ring (bicyclic) bond motifs is 1. The Bertz CT molecular complexity index is 1300. The molecule has 158 valence electrons. The number of ether oxygens (including phenoxy) is 1. The zero-order valence-corrected chi connectivity index (χ0v) is 15.7. The number of hydrogen-bond donors (Lipinski definition) is 1. The summed E-state index contributed by atoms with van der Waals surface area (Å²) in [5, 5.41) is 6.23. The Balaban J connectivity index is 1.60. The van der Waals surface area contributed by atoms with Crippen LogP contribution in [0.3, 0.4) is 0 Å². The first kappa shape index (κ1) is 20.1. The minimum Gasteiger partial charge on any atom is -0.436 e. The first-order chi connectivity index (χ1) is 14.8. The number of nitrogens with one attached hydrogen (secondary N) is 1. The van der Waals surface area contributed by atoms with Crippen LogP contribution < -0.4 is 15.7 Å². The predicted octanol–water partition coefficient (Wildman–Crippen LogP) is 3.34. The molecular weight excluding hydrogens is 415 g/mol. The van der Waals surface area contributed by atoms with E-state index in [4.69, 9.17) is 4.74 Å². The molecule has 4 rings (SSSR count). The molecule has 0 aliphatic carbocycles. The van der Waals surface area contributed by atoms with Crippen LogP contribution in [0.25, 0.3) is 5.65 Å². The second-order valence-corrected chi connectivity index (χ2v) is 6.37. The number of aromatic nitrogens is 4. The van der Waals surface area contributed by atoms with Crippen LogP contribution in [0, 0.1) is 0 Å². The average molecular weight is 429 g/mol. The average Bonchev–Trinajstić information content (AvgIpc) is 3.05. The van der Waals surface area contributed by atoms with E-state index in [0.29, 0.717) is 5.75 Å². The van der Waals surface area contributed by atoms with Crippen molar-refractivity contribution in [3.05, 3.63) is 83.0 Å². The molecule has 11 heteroatoms. The number of carbonyl (C=O) groups is 1. The molecular formula is C20H14F3N5O3. The summed E-state index contributed by atoms with van der Waals surface area (Å²) in [5.74, 6) is -0.348. The molecule has 1 amide bonds. The highest BCUT2D eigenvalue weighted by atomic mass is 19.4. The van der Waals surface area contributed by atoms with E-state index in [-0.39, 0.29) is 11.5 Å². The number of anilines is 1. The van der Waals surface area contributed by atoms with E-state index in [1.54, 1.807) is 30.3 Å². The molecule has 1 N–H and O–H groups in total. The number of benzene rings is 2. The standard InChI is InChI=1S/C20H14F3N5O3/c21-20(22,23)14-8-4-5-9-15(14)25-16(29)12-28-19(30)27-11-10-24-18(17(27)26-28)31-13-6-2-1-3-7-13/h1-11H,12H2,(H,25,29). The number of hydrogen-bond acceptors (Lipinski definition) is 5. The lowest BCUT2D eigenvalue weighted by Gasteiger charge is -2.13. The summed E-state index contributed by atoms with van der Waals surface area (Å²) < 4.78 is 46.9. The van der Waals surface area contributed by atoms with Crippen LogP contribution in [-0.2, 0) is 17.5 Å². The molecule has 8 nitrogen and oxygen atoms in total. The first-order valence-corrected chi connectivity index (χ1v) is 8.96. The maximum atomic E-state index is 13.1. The molecule has 31 heavy (non-hydrogen) atoms. The smallest absolute Gasteiger partial charge is 0.418 e. The van der Waals surface area contributed by atoms with Crippen LogP contribution >= 0.6 is 0 Å². The van der Waals surface area contributed by atoms with Crippen LogP contribution in [0.2, 0.25) is 0 Å². The fourth-order valence-electron chi connectivity index (χ4n) is 2.87. The fourth-order valence-corrected chi connectivity index (χ4v) is 2.87. The normalized spacial score (nSPS) is 11.5. The van der Waals surface area contributed by atoms with Gasteiger partial charge in [-0.3, -0.25) is 4.79 Å². The quantitative estimate of drug-likeness (QED) is 0.526. The van der Waals surface area contributed by atoms with Crippen LogP contribution in [0.5, 0.6) is 11.6 Å². The highest BCUT2D eigenvalue weighted by molar-refractivity contribution is 5.91. The molecule has 0 aliphatic rings. The SMILES string of the molecule is O=C(Cn1nc2c(Oc3ccccc3)nccn2c1=O)Nc1ccccc1C(F)(F)F. The minimum atomic E-state index is -4.64. The zero-order valence-electron chi connectivity index (χ0n) is 15.7. The Morgan fingerprint density at radius 3 is 2.52 bits per heavy atom. The van der Waals surface area contributed by atoms with Crippen molar-refractivity contribution < 1.29 is 22.7 Å². The summed E-state index contributed by atoms with van der Waals surface area (Å²) in [4.78, 5) is 29.0. The minimum absolute atomic E-state index is 0.0346. The van der Waals surface area contributed by atoms with Gasteiger partial charge in [0.25, 0.3) is 5.88 Å². The van der Waals surface area contributed by atoms with Gasteiger partial charge in [0.05, 0.1) is 11.3 Å². The number of nitrogens with zero attached hydrogens (tertiary/aromatic N) is 4. The number of rotatable bonds is 5. The van der Waals surface area contributed by atoms with Crippen molar-refractivity contribution in [2.45, 2.75) is 12.7 Å². The maximum absolute atomic E-state index is 13.1. The number of carbonyl (C=O) groups excluding carboxylic acids is 1. The molecule has 0 unspecified atom stereocenters. The van der Waals surface area contributed by atoms with Crippen molar-refractivity contribution in [3.63, 3.8) is 0 Å². The van der Waals surface area contributed by atoms with Gasteiger partial charge in [-0.05, 0) is 24.3 Å². The maximum Gasteiger partial charge on any atom is 0.418 e. The third-order valence-corrected chi connectivity index (χ3v) is 4.23. The Labute approximate surface area is 172 Å². The second-order valence-electron chi connectivity index (χ2n) is 6.37. The predicted molar refractivity (Wildman–Crippen MR) is 104 cm³/mol. The van der Waals surface area contributed by atoms with Gasteiger partial charge < -0.3 is 10.1 Å². The molecule has 0 saturated heterocycles. The molecule has 2 heterocycles. The van der Waals surface area contributed by atoms with Crippen molar-refractivity contribution in [1.82, 2.24) is 19.2 Å². The van der Waals surface area contributed by atoms with E-state index in [2.05, 4.69) is 15.4 Å². The van der Waals surface area contributed by atoms with Crippen LogP contribution in [0.15, 0.2) is 71.8 Å². The molecule has 0 fully saturated rings. The third kappa shape index (κ3) is 4.25. The zero-order chi connectivity index (χ0) is 22.0. The molecule has 0 bridgehead atoms. The van der Waals surface area contributed by atoms with E-state index >= 15 is 0 Å². The summed E-state index contributed by atoms with van der Waals surface area (Å²) in [5.41, 5.74) is -2.02. The van der Waals surface area contributed by atoms with Gasteiger partial charge in [-0.25, -0.2) is 18.9 Å². The van der Waals surface area contributed by atoms with E-state index < -0.39 is 35.6 Å². The molecule has 4 aromatic rings. The van der Waals surface area contributed by atoms with Gasteiger partial charge in [-0.15, -0.1) is 5.10 Å². The Morgan fingerprint density at radius 2 is 1.77 bits per heavy atom. The number of halogens is 3. The van der Waals surface area contributed by atoms with Crippen molar-refractivity contribution in [1.29, 1.82) is 0 Å². The van der Waals surface area contributed by atoms with E-state index in [1.807, 2.05) is 0 Å². The van der Waals surface area contributed by atoms with Gasteiger partial charge in [0, 0.05) is 12.4 Å². The molecule has 2 aromatic heterocycles. The summed E-state index contributed by atoms with van der Waals surface area (Å²) in [6, 6.07) is 13.2. The summed E-state index contributed by atoms with van der Waals surface area (Å²) >= 11 is 0. The second kappa shape index (κ2) is 7.94. The monoisotopic (exact) mass is 429 g/mol. The van der Waals surface area contributed by atoms with Gasteiger partial charge in [0.2, 0.25) is 11.6 Å². The Hall–Kier alpha value is -4.15. The van der Waals surface area contributed by atoms with Crippen molar-refractivity contribution in [2.24, 2.45) is 0 Å². The fraction of sp³-hybridized carbons (Fsp3) is 0.100. The van der Waals surface area contributed by atoms with Crippen molar-refractivity contribution in [2.75, 3.05) is 5.32 Å². The number of amides is 1. The topological polar surface area (TPSA) is 90.5 Å². The van der Waals surface area contributed by atoms with Crippen molar-refractivity contribution in [3.8, 4) is 11.6 Å². The van der Waals surface area contributed by atoms with E-state index in [0.717, 1.165) is 21.2 Å². The van der Waals surface area contributed by atoms with Crippen molar-refractivity contribution >= 4 is 17.2 Å². The van der Waals surface area contributed by atoms with Gasteiger partial charge in [-0.1, -0.05) is 30.3 Å². The molecule has 0 radical (unpaired) electrons. The van der Waals surface area contributed by atoms with E-state index in [9.17, 15) is 22.8 Å². The third-order valence-electron chi connectivity index (χ3n) is 4.23. The number of alkyl halides is 3. The molecule has 0 saturated carbocycles. The lowest BCUT2D eigenvalue weighted by atomic mass is 10.1. The lowest BCUT2D eigenvalue weighted by molar-refractivity contribution is -0.137. The van der Waals surface area contributed by atoms with Gasteiger partial charge in [-0.2, -0.15) is 13.2 Å². The van der Waals surface area contributed by atoms with Crippen LogP contribution in [0.1, 0.15) is 5.56 Å². The van der Waals surface area contributed by atoms with Gasteiger partial charge in [0.1, 0.15) is 12.3 Å². The Morgan fingerprint density at radius 1 is 1.06 bits per heavy atom. The largest absolute Gasteiger partial charge is 0.436 e. The molecule has 0 aliphatic heterocycles. The first-order valence-electron chi connectivity index (χ1n) is 8.96. The molecule has 0 atom stereocenters. The summed E-state index contributed by atoms with van der Waals surface area (Å²) in [6.45, 7) is -0.600. The van der Waals surface area contributed by atoms with Crippen LogP contribution in [-0.4, -0.2) is 25.1 Å². The van der Waals surface area contributed by atoms with Crippen LogP contribution in [0.4, 0.5) is 18.9 Å². The highest BCUT2D eigenvalue weighted by Gasteiger charge is 2.33.